The molecule has 1 aromatic carbocycles. The first-order valence-corrected chi connectivity index (χ1v) is 7.16. The summed E-state index contributed by atoms with van der Waals surface area (Å²) in [4.78, 5) is 11.1. The van der Waals surface area contributed by atoms with Crippen LogP contribution in [0.15, 0.2) is 29.3 Å². The molecule has 20 heavy (non-hydrogen) atoms. The molecule has 1 heterocycles. The van der Waals surface area contributed by atoms with Gasteiger partial charge in [-0.25, -0.2) is 13.2 Å². The van der Waals surface area contributed by atoms with Crippen LogP contribution < -0.4 is 4.72 Å². The highest BCUT2D eigenvalue weighted by molar-refractivity contribution is 7.92. The fourth-order valence-corrected chi connectivity index (χ4v) is 2.95. The van der Waals surface area contributed by atoms with Gasteiger partial charge in [-0.2, -0.15) is 5.10 Å². The van der Waals surface area contributed by atoms with Gasteiger partial charge >= 0.3 is 5.97 Å². The van der Waals surface area contributed by atoms with E-state index in [1.165, 1.54) is 18.3 Å². The van der Waals surface area contributed by atoms with Crippen molar-refractivity contribution in [1.82, 2.24) is 10.2 Å². The maximum atomic E-state index is 12.2. The molecule has 106 valence electrons. The van der Waals surface area contributed by atoms with Gasteiger partial charge in [0, 0.05) is 0 Å². The average molecular weight is 295 g/mol. The molecule has 3 N–H and O–H groups in total. The predicted octanol–water partition coefficient (Wildman–Crippen LogP) is 1.53. The number of hydrogen-bond acceptors (Lipinski definition) is 4. The molecule has 0 aliphatic rings. The maximum absolute atomic E-state index is 12.2. The molecule has 0 unspecified atom stereocenters. The van der Waals surface area contributed by atoms with Crippen LogP contribution in [0.3, 0.4) is 0 Å². The number of benzene rings is 1. The maximum Gasteiger partial charge on any atom is 0.337 e. The summed E-state index contributed by atoms with van der Waals surface area (Å²) < 4.78 is 26.6. The number of carboxylic acid groups (broad SMARTS) is 1. The molecule has 2 aromatic rings. The molecule has 2 rings (SSSR count). The first-order chi connectivity index (χ1) is 9.31. The summed E-state index contributed by atoms with van der Waals surface area (Å²) in [5.41, 5.74) is 1.02. The third kappa shape index (κ3) is 2.64. The molecule has 0 aliphatic carbocycles. The number of rotatable bonds is 4. The number of hydrogen-bond donors (Lipinski definition) is 3. The van der Waals surface area contributed by atoms with Gasteiger partial charge in [-0.3, -0.25) is 9.82 Å². The Kier molecular flexibility index (Phi) is 3.49. The molecule has 8 heteroatoms. The molecule has 0 radical (unpaired) electrons. The Hall–Kier alpha value is -2.35. The summed E-state index contributed by atoms with van der Waals surface area (Å²) in [6.45, 7) is 3.29. The smallest absolute Gasteiger partial charge is 0.337 e. The number of H-pyrrole nitrogens is 1. The van der Waals surface area contributed by atoms with Gasteiger partial charge < -0.3 is 5.11 Å². The minimum Gasteiger partial charge on any atom is -0.478 e. The van der Waals surface area contributed by atoms with Gasteiger partial charge in [-0.1, -0.05) is 11.6 Å². The molecule has 0 bridgehead atoms. The zero-order valence-corrected chi connectivity index (χ0v) is 11.7. The first kappa shape index (κ1) is 14.1. The molecule has 1 aromatic heterocycles. The van der Waals surface area contributed by atoms with E-state index in [9.17, 15) is 13.2 Å². The molecule has 0 aliphatic heterocycles. The van der Waals surface area contributed by atoms with Crippen LogP contribution in [0.1, 0.15) is 21.6 Å². The van der Waals surface area contributed by atoms with Crippen LogP contribution in [0.25, 0.3) is 0 Å². The van der Waals surface area contributed by atoms with Gasteiger partial charge in [0.05, 0.1) is 23.1 Å². The predicted molar refractivity (Wildman–Crippen MR) is 72.3 cm³/mol. The molecule has 0 fully saturated rings. The number of nitrogens with one attached hydrogen (secondary N) is 2. The van der Waals surface area contributed by atoms with Gasteiger partial charge in [-0.15, -0.1) is 0 Å². The van der Waals surface area contributed by atoms with Gasteiger partial charge in [0.25, 0.3) is 10.0 Å². The van der Waals surface area contributed by atoms with Crippen LogP contribution in [-0.4, -0.2) is 29.7 Å². The summed E-state index contributed by atoms with van der Waals surface area (Å²) in [5.74, 6) is -1.20. The normalized spacial score (nSPS) is 11.3. The fraction of sp³-hybridized carbons (Fsp3) is 0.167. The molecule has 7 nitrogen and oxygen atoms in total. The minimum atomic E-state index is -3.88. The highest BCUT2D eigenvalue weighted by atomic mass is 32.2. The Morgan fingerprint density at radius 3 is 2.60 bits per heavy atom. The average Bonchev–Trinajstić information content (AvgIpc) is 2.78. The second kappa shape index (κ2) is 4.97. The SMILES string of the molecule is Cc1ccc(NS(=O)(=O)c2cn[nH]c2C)c(C(=O)O)c1. The lowest BCUT2D eigenvalue weighted by atomic mass is 10.1. The molecule has 0 spiro atoms. The number of aromatic carboxylic acids is 1. The van der Waals surface area contributed by atoms with Crippen molar-refractivity contribution in [1.29, 1.82) is 0 Å². The van der Waals surface area contributed by atoms with E-state index in [2.05, 4.69) is 14.9 Å². The van der Waals surface area contributed by atoms with Gasteiger partial charge in [0.2, 0.25) is 0 Å². The van der Waals surface area contributed by atoms with Crippen molar-refractivity contribution < 1.29 is 18.3 Å². The number of carboxylic acids is 1. The number of nitrogens with zero attached hydrogens (tertiary/aromatic N) is 1. The van der Waals surface area contributed by atoms with E-state index in [0.717, 1.165) is 5.56 Å². The van der Waals surface area contributed by atoms with Crippen LogP contribution >= 0.6 is 0 Å². The van der Waals surface area contributed by atoms with Crippen molar-refractivity contribution in [3.8, 4) is 0 Å². The number of aromatic nitrogens is 2. The van der Waals surface area contributed by atoms with E-state index in [1.54, 1.807) is 19.9 Å². The number of aryl methyl sites for hydroxylation is 2. The zero-order chi connectivity index (χ0) is 14.9. The summed E-state index contributed by atoms with van der Waals surface area (Å²) in [7, 11) is -3.88. The lowest BCUT2D eigenvalue weighted by molar-refractivity contribution is 0.0698. The van der Waals surface area contributed by atoms with Gasteiger partial charge in [-0.05, 0) is 26.0 Å². The molecule has 0 amide bonds. The van der Waals surface area contributed by atoms with Crippen molar-refractivity contribution in [3.63, 3.8) is 0 Å². The minimum absolute atomic E-state index is 0.0173. The van der Waals surface area contributed by atoms with E-state index in [1.807, 2.05) is 0 Å². The van der Waals surface area contributed by atoms with Crippen LogP contribution in [-0.2, 0) is 10.0 Å². The van der Waals surface area contributed by atoms with Gasteiger partial charge in [0.1, 0.15) is 4.90 Å². The van der Waals surface area contributed by atoms with Crippen molar-refractivity contribution >= 4 is 21.7 Å². The number of sulfonamides is 1. The highest BCUT2D eigenvalue weighted by Gasteiger charge is 2.21. The molecular formula is C12H13N3O4S. The fourth-order valence-electron chi connectivity index (χ4n) is 1.73. The standard InChI is InChI=1S/C12H13N3O4S/c1-7-3-4-10(9(5-7)12(16)17)15-20(18,19)11-6-13-14-8(11)2/h3-6,15H,1-2H3,(H,13,14)(H,16,17). The van der Waals surface area contributed by atoms with E-state index in [-0.39, 0.29) is 16.1 Å². The Balaban J connectivity index is 2.45. The summed E-state index contributed by atoms with van der Waals surface area (Å²) in [6.07, 6.45) is 1.17. The van der Waals surface area contributed by atoms with Crippen molar-refractivity contribution in [2.45, 2.75) is 18.7 Å². The summed E-state index contributed by atoms with van der Waals surface area (Å²) >= 11 is 0. The van der Waals surface area contributed by atoms with Gasteiger partial charge in [0.15, 0.2) is 0 Å². The van der Waals surface area contributed by atoms with Crippen LogP contribution in [0, 0.1) is 13.8 Å². The van der Waals surface area contributed by atoms with E-state index in [4.69, 9.17) is 5.11 Å². The largest absolute Gasteiger partial charge is 0.478 e. The van der Waals surface area contributed by atoms with E-state index < -0.39 is 16.0 Å². The lowest BCUT2D eigenvalue weighted by Crippen LogP contribution is -2.16. The Morgan fingerprint density at radius 2 is 2.05 bits per heavy atom. The molecule has 0 atom stereocenters. The Labute approximate surface area is 115 Å². The number of aromatic amines is 1. The Bertz CT molecular complexity index is 765. The zero-order valence-electron chi connectivity index (χ0n) is 10.8. The van der Waals surface area contributed by atoms with Crippen LogP contribution in [0.2, 0.25) is 0 Å². The molecule has 0 saturated heterocycles. The van der Waals surface area contributed by atoms with E-state index >= 15 is 0 Å². The third-order valence-corrected chi connectivity index (χ3v) is 4.20. The number of anilines is 1. The van der Waals surface area contributed by atoms with Crippen molar-refractivity contribution in [2.75, 3.05) is 4.72 Å². The lowest BCUT2D eigenvalue weighted by Gasteiger charge is -2.10. The first-order valence-electron chi connectivity index (χ1n) is 5.68. The summed E-state index contributed by atoms with van der Waals surface area (Å²) in [6, 6.07) is 4.46. The van der Waals surface area contributed by atoms with Crippen molar-refractivity contribution in [2.24, 2.45) is 0 Å². The second-order valence-corrected chi connectivity index (χ2v) is 5.97. The Morgan fingerprint density at radius 1 is 1.35 bits per heavy atom. The number of carbonyl (C=O) groups is 1. The molecular weight excluding hydrogens is 282 g/mol. The topological polar surface area (TPSA) is 112 Å². The second-order valence-electron chi connectivity index (χ2n) is 4.32. The van der Waals surface area contributed by atoms with E-state index in [0.29, 0.717) is 5.69 Å². The summed E-state index contributed by atoms with van der Waals surface area (Å²) in [5, 5.41) is 15.3. The van der Waals surface area contributed by atoms with Crippen molar-refractivity contribution in [3.05, 3.63) is 41.2 Å². The quantitative estimate of drug-likeness (QED) is 0.791. The van der Waals surface area contributed by atoms with Crippen LogP contribution in [0.5, 0.6) is 0 Å². The highest BCUT2D eigenvalue weighted by Crippen LogP contribution is 2.22. The molecule has 0 saturated carbocycles. The third-order valence-electron chi connectivity index (χ3n) is 2.72. The van der Waals surface area contributed by atoms with Crippen LogP contribution in [0.4, 0.5) is 5.69 Å². The monoisotopic (exact) mass is 295 g/mol.